The van der Waals surface area contributed by atoms with Crippen LogP contribution < -0.4 is 42.9 Å². The molecule has 2 amide bonds. The fourth-order valence-corrected chi connectivity index (χ4v) is 3.92. The number of nitrogens with zero attached hydrogens (tertiary/aromatic N) is 2. The van der Waals surface area contributed by atoms with Crippen molar-refractivity contribution in [1.29, 1.82) is 0 Å². The topological polar surface area (TPSA) is 175 Å². The summed E-state index contributed by atoms with van der Waals surface area (Å²) in [6, 6.07) is 14.1. The molecule has 4 rings (SSSR count). The molecule has 0 radical (unpaired) electrons. The molecular weight excluding hydrogens is 564 g/mol. The highest BCUT2D eigenvalue weighted by Crippen LogP contribution is 2.27. The summed E-state index contributed by atoms with van der Waals surface area (Å²) in [4.78, 5) is 60.8. The quantitative estimate of drug-likeness (QED) is 0.0551. The van der Waals surface area contributed by atoms with E-state index in [0.29, 0.717) is 23.5 Å². The Morgan fingerprint density at radius 1 is 0.976 bits per heavy atom. The largest absolute Gasteiger partial charge is 0.378 e. The zero-order valence-corrected chi connectivity index (χ0v) is 23.2. The lowest BCUT2D eigenvalue weighted by Gasteiger charge is -2.15. The molecule has 6 N–H and O–H groups in total. The van der Waals surface area contributed by atoms with Gasteiger partial charge in [0.15, 0.2) is 5.82 Å². The van der Waals surface area contributed by atoms with Crippen LogP contribution in [-0.4, -0.2) is 42.0 Å². The summed E-state index contributed by atoms with van der Waals surface area (Å²) >= 11 is 6.30. The van der Waals surface area contributed by atoms with Crippen molar-refractivity contribution in [1.82, 2.24) is 20.8 Å². The van der Waals surface area contributed by atoms with E-state index in [1.165, 1.54) is 13.3 Å². The minimum atomic E-state index is -0.606. The predicted molar refractivity (Wildman–Crippen MR) is 161 cm³/mol. The zero-order valence-electron chi connectivity index (χ0n) is 22.4. The average Bonchev–Trinajstić information content (AvgIpc) is 3.00. The first-order chi connectivity index (χ1) is 20.3. The summed E-state index contributed by atoms with van der Waals surface area (Å²) in [5, 5.41) is 14.8. The molecule has 4 aromatic rings. The van der Waals surface area contributed by atoms with Gasteiger partial charge < -0.3 is 26.6 Å². The van der Waals surface area contributed by atoms with E-state index < -0.39 is 16.8 Å². The SMILES string of the molecule is C=CC(=O)NCCNc1c(NCc2ccc(Nc3ncc(Cl)c(Nc4ccccc4C(=O)NOC)n3)cc2)c(=O)c1=O. The molecule has 1 aromatic heterocycles. The second kappa shape index (κ2) is 13.9. The number of hydroxylamine groups is 1. The van der Waals surface area contributed by atoms with Gasteiger partial charge in [0.25, 0.3) is 16.8 Å². The number of rotatable bonds is 14. The van der Waals surface area contributed by atoms with Crippen LogP contribution in [0.5, 0.6) is 0 Å². The first-order valence-corrected chi connectivity index (χ1v) is 13.0. The van der Waals surface area contributed by atoms with Crippen molar-refractivity contribution in [3.8, 4) is 0 Å². The van der Waals surface area contributed by atoms with Crippen LogP contribution in [0.4, 0.5) is 34.5 Å². The molecule has 14 heteroatoms. The van der Waals surface area contributed by atoms with E-state index in [9.17, 15) is 19.2 Å². The van der Waals surface area contributed by atoms with E-state index in [1.807, 2.05) is 12.1 Å². The number of nitrogens with one attached hydrogen (secondary N) is 6. The second-order valence-corrected chi connectivity index (χ2v) is 9.11. The van der Waals surface area contributed by atoms with Crippen LogP contribution >= 0.6 is 11.6 Å². The maximum absolute atomic E-state index is 12.3. The van der Waals surface area contributed by atoms with Crippen LogP contribution in [-0.2, 0) is 16.2 Å². The number of benzene rings is 2. The molecule has 3 aromatic carbocycles. The van der Waals surface area contributed by atoms with Crippen LogP contribution in [0.3, 0.4) is 0 Å². The molecule has 0 aliphatic heterocycles. The Labute approximate surface area is 245 Å². The molecule has 0 bridgehead atoms. The number of anilines is 6. The maximum Gasteiger partial charge on any atom is 0.276 e. The summed E-state index contributed by atoms with van der Waals surface area (Å²) in [5.41, 5.74) is 3.80. The number of hydrogen-bond donors (Lipinski definition) is 6. The lowest BCUT2D eigenvalue weighted by molar-refractivity contribution is -0.116. The van der Waals surface area contributed by atoms with Crippen LogP contribution in [0, 0.1) is 0 Å². The average molecular weight is 591 g/mol. The molecule has 42 heavy (non-hydrogen) atoms. The lowest BCUT2D eigenvalue weighted by Crippen LogP contribution is -2.38. The number of halogens is 1. The molecule has 0 spiro atoms. The summed E-state index contributed by atoms with van der Waals surface area (Å²) < 4.78 is 0. The smallest absolute Gasteiger partial charge is 0.276 e. The first-order valence-electron chi connectivity index (χ1n) is 12.6. The molecule has 0 fully saturated rings. The van der Waals surface area contributed by atoms with Gasteiger partial charge in [0.2, 0.25) is 11.9 Å². The Bertz CT molecular complexity index is 1670. The molecule has 13 nitrogen and oxygen atoms in total. The number of carbonyl (C=O) groups excluding carboxylic acids is 2. The van der Waals surface area contributed by atoms with E-state index >= 15 is 0 Å². The van der Waals surface area contributed by atoms with Gasteiger partial charge in [-0.05, 0) is 35.9 Å². The van der Waals surface area contributed by atoms with Crippen molar-refractivity contribution in [2.45, 2.75) is 6.54 Å². The summed E-state index contributed by atoms with van der Waals surface area (Å²) in [6.45, 7) is 4.21. The van der Waals surface area contributed by atoms with Gasteiger partial charge in [0.1, 0.15) is 16.4 Å². The minimum Gasteiger partial charge on any atom is -0.378 e. The van der Waals surface area contributed by atoms with Crippen molar-refractivity contribution >= 4 is 57.9 Å². The minimum absolute atomic E-state index is 0.192. The van der Waals surface area contributed by atoms with Crippen LogP contribution in [0.15, 0.2) is 77.0 Å². The zero-order chi connectivity index (χ0) is 30.1. The third kappa shape index (κ3) is 7.27. The number of hydrogen-bond acceptors (Lipinski definition) is 11. The fraction of sp³-hybridized carbons (Fsp3) is 0.143. The van der Waals surface area contributed by atoms with E-state index in [4.69, 9.17) is 16.4 Å². The Morgan fingerprint density at radius 2 is 1.69 bits per heavy atom. The van der Waals surface area contributed by atoms with Crippen molar-refractivity contribution < 1.29 is 14.4 Å². The molecule has 216 valence electrons. The summed E-state index contributed by atoms with van der Waals surface area (Å²) in [5.74, 6) is -0.221. The van der Waals surface area contributed by atoms with E-state index in [2.05, 4.69) is 48.6 Å². The Hall–Kier alpha value is -5.27. The van der Waals surface area contributed by atoms with Crippen LogP contribution in [0.25, 0.3) is 0 Å². The highest BCUT2D eigenvalue weighted by molar-refractivity contribution is 6.33. The predicted octanol–water partition coefficient (Wildman–Crippen LogP) is 2.83. The molecule has 1 heterocycles. The monoisotopic (exact) mass is 590 g/mol. The normalized spacial score (nSPS) is 10.5. The third-order valence-electron chi connectivity index (χ3n) is 5.86. The van der Waals surface area contributed by atoms with Gasteiger partial charge in [-0.1, -0.05) is 42.4 Å². The van der Waals surface area contributed by atoms with E-state index in [0.717, 1.165) is 11.6 Å². The number of amides is 2. The summed E-state index contributed by atoms with van der Waals surface area (Å²) in [7, 11) is 1.34. The van der Waals surface area contributed by atoms with Gasteiger partial charge >= 0.3 is 0 Å². The second-order valence-electron chi connectivity index (χ2n) is 8.70. The van der Waals surface area contributed by atoms with Gasteiger partial charge in [-0.2, -0.15) is 4.98 Å². The Balaban J connectivity index is 1.36. The highest BCUT2D eigenvalue weighted by Gasteiger charge is 2.20. The number of para-hydroxylation sites is 1. The van der Waals surface area contributed by atoms with Crippen molar-refractivity contribution in [3.05, 3.63) is 104 Å². The molecule has 0 unspecified atom stereocenters. The molecule has 0 aliphatic rings. The highest BCUT2D eigenvalue weighted by atomic mass is 35.5. The fourth-order valence-electron chi connectivity index (χ4n) is 3.78. The Morgan fingerprint density at radius 3 is 2.40 bits per heavy atom. The molecule has 0 saturated carbocycles. The van der Waals surface area contributed by atoms with Crippen molar-refractivity contribution in [2.24, 2.45) is 0 Å². The van der Waals surface area contributed by atoms with Crippen molar-refractivity contribution in [2.75, 3.05) is 41.5 Å². The van der Waals surface area contributed by atoms with Crippen molar-refractivity contribution in [3.63, 3.8) is 0 Å². The number of carbonyl (C=O) groups is 2. The van der Waals surface area contributed by atoms with E-state index in [1.54, 1.807) is 36.4 Å². The Kier molecular flexibility index (Phi) is 9.81. The van der Waals surface area contributed by atoms with Gasteiger partial charge in [0, 0.05) is 25.3 Å². The van der Waals surface area contributed by atoms with Crippen LogP contribution in [0.1, 0.15) is 15.9 Å². The van der Waals surface area contributed by atoms with Gasteiger partial charge in [0.05, 0.1) is 24.6 Å². The molecule has 0 saturated heterocycles. The maximum atomic E-state index is 12.3. The third-order valence-corrected chi connectivity index (χ3v) is 6.14. The lowest BCUT2D eigenvalue weighted by atomic mass is 10.1. The number of aromatic nitrogens is 2. The van der Waals surface area contributed by atoms with Gasteiger partial charge in [-0.15, -0.1) is 0 Å². The first kappa shape index (κ1) is 29.7. The summed E-state index contributed by atoms with van der Waals surface area (Å²) in [6.07, 6.45) is 2.58. The van der Waals surface area contributed by atoms with Gasteiger partial charge in [-0.3, -0.25) is 24.0 Å². The molecule has 0 atom stereocenters. The standard InChI is InChI=1S/C28H27ClN8O5/c1-3-21(38)30-12-13-31-22-23(25(40)24(22)39)32-14-16-8-10-17(11-9-16)34-28-33-15-19(29)26(36-28)35-20-7-5-4-6-18(20)27(41)37-42-2/h3-11,15,31-32H,1,12-14H2,2H3,(H,30,38)(H,37,41)(H2,33,34,35,36). The van der Waals surface area contributed by atoms with Gasteiger partial charge in [-0.25, -0.2) is 10.5 Å². The molecule has 0 aliphatic carbocycles. The van der Waals surface area contributed by atoms with Crippen LogP contribution in [0.2, 0.25) is 5.02 Å². The molecular formula is C28H27ClN8O5. The van der Waals surface area contributed by atoms with E-state index in [-0.39, 0.29) is 47.2 Å².